The number of carbonyl (C=O) groups excluding carboxylic acids is 1. The fraction of sp³-hybridized carbons (Fsp3) is 0.100. The van der Waals surface area contributed by atoms with Gasteiger partial charge >= 0.3 is 0 Å². The summed E-state index contributed by atoms with van der Waals surface area (Å²) in [5.74, 6) is -0.375. The van der Waals surface area contributed by atoms with E-state index >= 15 is 0 Å². The Bertz CT molecular complexity index is 336. The number of aromatic hydroxyl groups is 1. The number of nitrogens with two attached hydrogens (primary N) is 1. The van der Waals surface area contributed by atoms with Gasteiger partial charge < -0.3 is 10.8 Å². The van der Waals surface area contributed by atoms with Crippen molar-refractivity contribution in [2.75, 3.05) is 0 Å². The van der Waals surface area contributed by atoms with Crippen LogP contribution in [0.25, 0.3) is 6.08 Å². The Morgan fingerprint density at radius 3 is 2.77 bits per heavy atom. The van der Waals surface area contributed by atoms with E-state index in [2.05, 4.69) is 0 Å². The van der Waals surface area contributed by atoms with Gasteiger partial charge in [-0.05, 0) is 24.6 Å². The molecule has 68 valence electrons. The predicted molar refractivity (Wildman–Crippen MR) is 51.1 cm³/mol. The lowest BCUT2D eigenvalue weighted by Crippen LogP contribution is -2.05. The SMILES string of the molecule is Cc1cccc(O)c1C=CC(N)=O. The fourth-order valence-electron chi connectivity index (χ4n) is 1.05. The van der Waals surface area contributed by atoms with Crippen LogP contribution in [-0.2, 0) is 4.79 Å². The molecule has 13 heavy (non-hydrogen) atoms. The molecule has 3 heteroatoms. The number of hydrogen-bond acceptors (Lipinski definition) is 2. The molecule has 0 aliphatic heterocycles. The third-order valence-electron chi connectivity index (χ3n) is 1.72. The molecular formula is C10H11NO2. The van der Waals surface area contributed by atoms with E-state index < -0.39 is 5.91 Å². The van der Waals surface area contributed by atoms with Gasteiger partial charge in [0.15, 0.2) is 0 Å². The van der Waals surface area contributed by atoms with Crippen LogP contribution in [0, 0.1) is 6.92 Å². The van der Waals surface area contributed by atoms with Crippen molar-refractivity contribution in [1.82, 2.24) is 0 Å². The Hall–Kier alpha value is -1.77. The third-order valence-corrected chi connectivity index (χ3v) is 1.72. The van der Waals surface area contributed by atoms with Crippen LogP contribution in [0.5, 0.6) is 5.75 Å². The van der Waals surface area contributed by atoms with Crippen LogP contribution in [0.1, 0.15) is 11.1 Å². The Balaban J connectivity index is 3.06. The maximum Gasteiger partial charge on any atom is 0.241 e. The molecule has 0 radical (unpaired) electrons. The zero-order valence-electron chi connectivity index (χ0n) is 7.32. The molecule has 0 fully saturated rings. The van der Waals surface area contributed by atoms with Crippen LogP contribution in [0.2, 0.25) is 0 Å². The second kappa shape index (κ2) is 3.76. The van der Waals surface area contributed by atoms with Gasteiger partial charge in [-0.1, -0.05) is 12.1 Å². The molecule has 1 aromatic carbocycles. The second-order valence-corrected chi connectivity index (χ2v) is 2.74. The predicted octanol–water partition coefficient (Wildman–Crippen LogP) is 1.20. The minimum absolute atomic E-state index is 0.150. The van der Waals surface area contributed by atoms with Crippen LogP contribution in [0.15, 0.2) is 24.3 Å². The van der Waals surface area contributed by atoms with E-state index in [0.717, 1.165) is 5.56 Å². The van der Waals surface area contributed by atoms with Crippen molar-refractivity contribution in [2.24, 2.45) is 5.73 Å². The lowest BCUT2D eigenvalue weighted by molar-refractivity contribution is -0.113. The Morgan fingerprint density at radius 2 is 2.23 bits per heavy atom. The zero-order valence-corrected chi connectivity index (χ0v) is 7.32. The van der Waals surface area contributed by atoms with Gasteiger partial charge in [0.05, 0.1) is 0 Å². The normalized spacial score (nSPS) is 10.5. The van der Waals surface area contributed by atoms with Crippen molar-refractivity contribution in [3.05, 3.63) is 35.4 Å². The molecule has 1 rings (SSSR count). The summed E-state index contributed by atoms with van der Waals surface area (Å²) < 4.78 is 0. The monoisotopic (exact) mass is 177 g/mol. The number of hydrogen-bond donors (Lipinski definition) is 2. The van der Waals surface area contributed by atoms with E-state index in [1.165, 1.54) is 12.2 Å². The molecule has 0 bridgehead atoms. The lowest BCUT2D eigenvalue weighted by atomic mass is 10.1. The quantitative estimate of drug-likeness (QED) is 0.666. The molecule has 0 aliphatic rings. The molecule has 0 atom stereocenters. The van der Waals surface area contributed by atoms with E-state index in [1.54, 1.807) is 12.1 Å². The Labute approximate surface area is 76.5 Å². The van der Waals surface area contributed by atoms with E-state index in [4.69, 9.17) is 5.73 Å². The maximum atomic E-state index is 10.4. The highest BCUT2D eigenvalue weighted by Gasteiger charge is 1.99. The Morgan fingerprint density at radius 1 is 1.54 bits per heavy atom. The summed E-state index contributed by atoms with van der Waals surface area (Å²) in [6.07, 6.45) is 2.73. The number of amides is 1. The molecule has 0 heterocycles. The van der Waals surface area contributed by atoms with Crippen LogP contribution in [-0.4, -0.2) is 11.0 Å². The molecule has 0 unspecified atom stereocenters. The first-order chi connectivity index (χ1) is 6.11. The van der Waals surface area contributed by atoms with Crippen LogP contribution in [0.3, 0.4) is 0 Å². The zero-order chi connectivity index (χ0) is 9.84. The average molecular weight is 177 g/mol. The van der Waals surface area contributed by atoms with E-state index in [0.29, 0.717) is 5.56 Å². The summed E-state index contributed by atoms with van der Waals surface area (Å²) in [6, 6.07) is 5.15. The fourth-order valence-corrected chi connectivity index (χ4v) is 1.05. The summed E-state index contributed by atoms with van der Waals surface area (Å²) in [4.78, 5) is 10.4. The van der Waals surface area contributed by atoms with Gasteiger partial charge in [0, 0.05) is 11.6 Å². The smallest absolute Gasteiger partial charge is 0.241 e. The topological polar surface area (TPSA) is 63.3 Å². The minimum Gasteiger partial charge on any atom is -0.507 e. The van der Waals surface area contributed by atoms with Crippen molar-refractivity contribution in [2.45, 2.75) is 6.92 Å². The summed E-state index contributed by atoms with van der Waals surface area (Å²) in [6.45, 7) is 1.85. The second-order valence-electron chi connectivity index (χ2n) is 2.74. The summed E-state index contributed by atoms with van der Waals surface area (Å²) >= 11 is 0. The summed E-state index contributed by atoms with van der Waals surface area (Å²) in [7, 11) is 0. The third kappa shape index (κ3) is 2.33. The molecule has 0 spiro atoms. The van der Waals surface area contributed by atoms with E-state index in [1.807, 2.05) is 13.0 Å². The van der Waals surface area contributed by atoms with Gasteiger partial charge in [0.1, 0.15) is 5.75 Å². The number of rotatable bonds is 2. The Kier molecular flexibility index (Phi) is 2.69. The highest BCUT2D eigenvalue weighted by atomic mass is 16.3. The van der Waals surface area contributed by atoms with E-state index in [-0.39, 0.29) is 5.75 Å². The molecule has 0 saturated heterocycles. The highest BCUT2D eigenvalue weighted by Crippen LogP contribution is 2.21. The summed E-state index contributed by atoms with van der Waals surface area (Å²) in [5.41, 5.74) is 6.46. The van der Waals surface area contributed by atoms with Crippen LogP contribution >= 0.6 is 0 Å². The highest BCUT2D eigenvalue weighted by molar-refractivity contribution is 5.90. The minimum atomic E-state index is -0.525. The van der Waals surface area contributed by atoms with Crippen molar-refractivity contribution in [3.63, 3.8) is 0 Å². The van der Waals surface area contributed by atoms with Crippen molar-refractivity contribution >= 4 is 12.0 Å². The molecule has 1 aromatic rings. The number of aryl methyl sites for hydroxylation is 1. The number of benzene rings is 1. The molecule has 3 nitrogen and oxygen atoms in total. The molecule has 0 saturated carbocycles. The first kappa shape index (κ1) is 9.32. The van der Waals surface area contributed by atoms with Gasteiger partial charge in [-0.2, -0.15) is 0 Å². The maximum absolute atomic E-state index is 10.4. The first-order valence-corrected chi connectivity index (χ1v) is 3.87. The molecular weight excluding hydrogens is 166 g/mol. The molecule has 0 aromatic heterocycles. The van der Waals surface area contributed by atoms with Gasteiger partial charge in [-0.15, -0.1) is 0 Å². The molecule has 3 N–H and O–H groups in total. The van der Waals surface area contributed by atoms with Gasteiger partial charge in [-0.25, -0.2) is 0 Å². The lowest BCUT2D eigenvalue weighted by Gasteiger charge is -2.01. The number of phenolic OH excluding ortho intramolecular Hbond substituents is 1. The molecule has 0 aliphatic carbocycles. The van der Waals surface area contributed by atoms with Gasteiger partial charge in [-0.3, -0.25) is 4.79 Å². The summed E-state index contributed by atoms with van der Waals surface area (Å²) in [5, 5.41) is 9.40. The van der Waals surface area contributed by atoms with Gasteiger partial charge in [0.25, 0.3) is 0 Å². The van der Waals surface area contributed by atoms with Gasteiger partial charge in [0.2, 0.25) is 5.91 Å². The van der Waals surface area contributed by atoms with Crippen molar-refractivity contribution in [3.8, 4) is 5.75 Å². The number of carbonyl (C=O) groups is 1. The average Bonchev–Trinajstić information content (AvgIpc) is 2.03. The van der Waals surface area contributed by atoms with E-state index in [9.17, 15) is 9.90 Å². The standard InChI is InChI=1S/C10H11NO2/c1-7-3-2-4-9(12)8(7)5-6-10(11)13/h2-6,12H,1H3,(H2,11,13). The number of primary amides is 1. The molecule has 1 amide bonds. The van der Waals surface area contributed by atoms with Crippen LogP contribution in [0.4, 0.5) is 0 Å². The van der Waals surface area contributed by atoms with Crippen LogP contribution < -0.4 is 5.73 Å². The van der Waals surface area contributed by atoms with Crippen molar-refractivity contribution < 1.29 is 9.90 Å². The largest absolute Gasteiger partial charge is 0.507 e. The first-order valence-electron chi connectivity index (χ1n) is 3.87. The van der Waals surface area contributed by atoms with Crippen molar-refractivity contribution in [1.29, 1.82) is 0 Å². The number of phenols is 1.